The summed E-state index contributed by atoms with van der Waals surface area (Å²) in [7, 11) is 0. The van der Waals surface area contributed by atoms with Crippen molar-refractivity contribution in [3.8, 4) is 11.5 Å². The Morgan fingerprint density at radius 1 is 1.31 bits per heavy atom. The second-order valence-corrected chi connectivity index (χ2v) is 5.68. The maximum atomic E-state index is 9.50. The number of ether oxygens (including phenoxy) is 1. The Hall–Kier alpha value is -1.18. The monoisotopic (exact) mass is 220 g/mol. The Morgan fingerprint density at radius 2 is 2.00 bits per heavy atom. The Morgan fingerprint density at radius 3 is 2.56 bits per heavy atom. The van der Waals surface area contributed by atoms with Crippen molar-refractivity contribution in [3.05, 3.63) is 23.8 Å². The van der Waals surface area contributed by atoms with Crippen LogP contribution in [0, 0.1) is 5.92 Å². The fraction of sp³-hybridized carbons (Fsp3) is 0.571. The summed E-state index contributed by atoms with van der Waals surface area (Å²) in [6.45, 7) is 7.25. The van der Waals surface area contributed by atoms with Crippen LogP contribution in [0.3, 0.4) is 0 Å². The minimum absolute atomic E-state index is 0.0482. The number of phenolic OH excluding ortho intramolecular Hbond substituents is 1. The molecule has 0 saturated heterocycles. The predicted molar refractivity (Wildman–Crippen MR) is 65.0 cm³/mol. The molecule has 1 fully saturated rings. The molecule has 0 bridgehead atoms. The van der Waals surface area contributed by atoms with Crippen LogP contribution in [0.1, 0.15) is 39.2 Å². The van der Waals surface area contributed by atoms with Crippen molar-refractivity contribution in [1.82, 2.24) is 0 Å². The molecule has 2 rings (SSSR count). The molecule has 88 valence electrons. The highest BCUT2D eigenvalue weighted by atomic mass is 16.5. The molecular weight excluding hydrogens is 200 g/mol. The summed E-state index contributed by atoms with van der Waals surface area (Å²) in [6.07, 6.45) is 2.56. The summed E-state index contributed by atoms with van der Waals surface area (Å²) >= 11 is 0. The van der Waals surface area contributed by atoms with Gasteiger partial charge in [0.25, 0.3) is 0 Å². The zero-order valence-corrected chi connectivity index (χ0v) is 10.3. The molecule has 0 atom stereocenters. The van der Waals surface area contributed by atoms with Gasteiger partial charge in [0.05, 0.1) is 6.61 Å². The van der Waals surface area contributed by atoms with Crippen LogP contribution < -0.4 is 4.74 Å². The molecule has 0 unspecified atom stereocenters. The minimum atomic E-state index is 0.0482. The van der Waals surface area contributed by atoms with Gasteiger partial charge < -0.3 is 9.84 Å². The molecule has 0 aliphatic heterocycles. The summed E-state index contributed by atoms with van der Waals surface area (Å²) in [5.74, 6) is 1.84. The van der Waals surface area contributed by atoms with Crippen LogP contribution in [0.4, 0.5) is 0 Å². The molecule has 16 heavy (non-hydrogen) atoms. The molecule has 1 aromatic carbocycles. The van der Waals surface area contributed by atoms with E-state index >= 15 is 0 Å². The molecule has 1 aliphatic rings. The third kappa shape index (κ3) is 2.69. The van der Waals surface area contributed by atoms with Crippen molar-refractivity contribution in [2.24, 2.45) is 5.92 Å². The highest BCUT2D eigenvalue weighted by Crippen LogP contribution is 2.36. The SMILES string of the molecule is CC(C)(C)c1ccc(O)cc1OCC1CC1. The molecule has 1 aromatic rings. The van der Waals surface area contributed by atoms with Gasteiger partial charge in [-0.05, 0) is 35.8 Å². The number of rotatable bonds is 3. The number of hydrogen-bond donors (Lipinski definition) is 1. The average Bonchev–Trinajstić information content (AvgIpc) is 2.96. The first-order valence-corrected chi connectivity index (χ1v) is 5.93. The van der Waals surface area contributed by atoms with Gasteiger partial charge in [-0.3, -0.25) is 0 Å². The van der Waals surface area contributed by atoms with Crippen LogP contribution >= 0.6 is 0 Å². The second kappa shape index (κ2) is 4.00. The molecule has 1 saturated carbocycles. The lowest BCUT2D eigenvalue weighted by Gasteiger charge is -2.23. The van der Waals surface area contributed by atoms with Crippen molar-refractivity contribution in [2.45, 2.75) is 39.0 Å². The van der Waals surface area contributed by atoms with Gasteiger partial charge >= 0.3 is 0 Å². The maximum Gasteiger partial charge on any atom is 0.126 e. The van der Waals surface area contributed by atoms with Crippen LogP contribution in [0.2, 0.25) is 0 Å². The second-order valence-electron chi connectivity index (χ2n) is 5.68. The number of benzene rings is 1. The van der Waals surface area contributed by atoms with Crippen LogP contribution in [-0.2, 0) is 5.41 Å². The van der Waals surface area contributed by atoms with E-state index in [2.05, 4.69) is 20.8 Å². The van der Waals surface area contributed by atoms with Crippen molar-refractivity contribution in [3.63, 3.8) is 0 Å². The van der Waals surface area contributed by atoms with Gasteiger partial charge in [-0.1, -0.05) is 26.8 Å². The summed E-state index contributed by atoms with van der Waals surface area (Å²) in [6, 6.07) is 5.41. The Balaban J connectivity index is 2.20. The zero-order chi connectivity index (χ0) is 11.8. The number of hydrogen-bond acceptors (Lipinski definition) is 2. The fourth-order valence-corrected chi connectivity index (χ4v) is 1.74. The van der Waals surface area contributed by atoms with Crippen LogP contribution in [-0.4, -0.2) is 11.7 Å². The Kier molecular flexibility index (Phi) is 2.83. The number of phenols is 1. The van der Waals surface area contributed by atoms with Gasteiger partial charge in [-0.15, -0.1) is 0 Å². The first-order chi connectivity index (χ1) is 7.47. The highest BCUT2D eigenvalue weighted by Gasteiger charge is 2.24. The van der Waals surface area contributed by atoms with Crippen molar-refractivity contribution in [1.29, 1.82) is 0 Å². The molecule has 1 aliphatic carbocycles. The van der Waals surface area contributed by atoms with Gasteiger partial charge in [0.15, 0.2) is 0 Å². The van der Waals surface area contributed by atoms with Gasteiger partial charge in [-0.2, -0.15) is 0 Å². The smallest absolute Gasteiger partial charge is 0.126 e. The first-order valence-electron chi connectivity index (χ1n) is 5.93. The van der Waals surface area contributed by atoms with Crippen LogP contribution in [0.15, 0.2) is 18.2 Å². The van der Waals surface area contributed by atoms with E-state index in [0.717, 1.165) is 23.8 Å². The maximum absolute atomic E-state index is 9.50. The Bertz CT molecular complexity index is 373. The third-order valence-electron chi connectivity index (χ3n) is 2.94. The summed E-state index contributed by atoms with van der Waals surface area (Å²) in [4.78, 5) is 0. The van der Waals surface area contributed by atoms with E-state index in [4.69, 9.17) is 4.74 Å². The minimum Gasteiger partial charge on any atom is -0.508 e. The van der Waals surface area contributed by atoms with Crippen molar-refractivity contribution in [2.75, 3.05) is 6.61 Å². The van der Waals surface area contributed by atoms with E-state index in [0.29, 0.717) is 0 Å². The lowest BCUT2D eigenvalue weighted by Crippen LogP contribution is -2.14. The first kappa shape index (κ1) is 11.3. The molecule has 0 radical (unpaired) electrons. The van der Waals surface area contributed by atoms with Crippen LogP contribution in [0.25, 0.3) is 0 Å². The third-order valence-corrected chi connectivity index (χ3v) is 2.94. The van der Waals surface area contributed by atoms with Gasteiger partial charge in [0.1, 0.15) is 11.5 Å². The average molecular weight is 220 g/mol. The van der Waals surface area contributed by atoms with E-state index in [1.54, 1.807) is 12.1 Å². The molecule has 0 aromatic heterocycles. The molecule has 0 spiro atoms. The lowest BCUT2D eigenvalue weighted by atomic mass is 9.86. The summed E-state index contributed by atoms with van der Waals surface area (Å²) in [5.41, 5.74) is 1.21. The van der Waals surface area contributed by atoms with Gasteiger partial charge in [0, 0.05) is 6.07 Å². The van der Waals surface area contributed by atoms with E-state index in [-0.39, 0.29) is 11.2 Å². The van der Waals surface area contributed by atoms with E-state index in [1.807, 2.05) is 6.07 Å². The normalized spacial score (nSPS) is 16.2. The molecule has 2 heteroatoms. The van der Waals surface area contributed by atoms with E-state index < -0.39 is 0 Å². The molecular formula is C14H20O2. The van der Waals surface area contributed by atoms with Crippen molar-refractivity contribution >= 4 is 0 Å². The molecule has 0 amide bonds. The molecule has 2 nitrogen and oxygen atoms in total. The van der Waals surface area contributed by atoms with E-state index in [9.17, 15) is 5.11 Å². The zero-order valence-electron chi connectivity index (χ0n) is 10.3. The molecule has 0 heterocycles. The summed E-state index contributed by atoms with van der Waals surface area (Å²) < 4.78 is 5.81. The lowest BCUT2D eigenvalue weighted by molar-refractivity contribution is 0.290. The topological polar surface area (TPSA) is 29.5 Å². The Labute approximate surface area is 97.3 Å². The quantitative estimate of drug-likeness (QED) is 0.845. The number of aromatic hydroxyl groups is 1. The highest BCUT2D eigenvalue weighted by molar-refractivity contribution is 5.43. The van der Waals surface area contributed by atoms with E-state index in [1.165, 1.54) is 12.8 Å². The predicted octanol–water partition coefficient (Wildman–Crippen LogP) is 3.48. The van der Waals surface area contributed by atoms with Crippen LogP contribution in [0.5, 0.6) is 11.5 Å². The van der Waals surface area contributed by atoms with Crippen molar-refractivity contribution < 1.29 is 9.84 Å². The summed E-state index contributed by atoms with van der Waals surface area (Å²) in [5, 5.41) is 9.50. The standard InChI is InChI=1S/C14H20O2/c1-14(2,3)12-7-6-11(15)8-13(12)16-9-10-4-5-10/h6-8,10,15H,4-5,9H2,1-3H3. The molecule has 1 N–H and O–H groups in total. The van der Waals surface area contributed by atoms with Gasteiger partial charge in [-0.25, -0.2) is 0 Å². The van der Waals surface area contributed by atoms with Gasteiger partial charge in [0.2, 0.25) is 0 Å². The fourth-order valence-electron chi connectivity index (χ4n) is 1.74. The largest absolute Gasteiger partial charge is 0.508 e.